The number of anilines is 1. The maximum absolute atomic E-state index is 13.8. The SMILES string of the molecule is CCn1nc(C(F)(F)F)cc1-c1ccc(Oc2ccc(S(=O)(=O)Nc3ncc(F)cc3F)cc2C#N)cc1. The van der Waals surface area contributed by atoms with Crippen LogP contribution in [-0.2, 0) is 22.7 Å². The van der Waals surface area contributed by atoms with Crippen LogP contribution in [0.4, 0.5) is 27.8 Å². The molecule has 0 unspecified atom stereocenters. The van der Waals surface area contributed by atoms with Gasteiger partial charge in [0.1, 0.15) is 23.4 Å². The summed E-state index contributed by atoms with van der Waals surface area (Å²) in [5, 5.41) is 13.1. The quantitative estimate of drug-likeness (QED) is 0.295. The average Bonchev–Trinajstić information content (AvgIpc) is 3.32. The predicted octanol–water partition coefficient (Wildman–Crippen LogP) is 5.73. The van der Waals surface area contributed by atoms with Gasteiger partial charge in [-0.25, -0.2) is 22.2 Å². The molecule has 4 rings (SSSR count). The number of pyridine rings is 1. The van der Waals surface area contributed by atoms with Crippen molar-refractivity contribution in [3.63, 3.8) is 0 Å². The van der Waals surface area contributed by atoms with Crippen LogP contribution in [0.15, 0.2) is 65.7 Å². The van der Waals surface area contributed by atoms with Crippen molar-refractivity contribution in [2.24, 2.45) is 0 Å². The van der Waals surface area contributed by atoms with Gasteiger partial charge in [0.05, 0.1) is 22.3 Å². The second-order valence-electron chi connectivity index (χ2n) is 7.71. The lowest BCUT2D eigenvalue weighted by Crippen LogP contribution is -2.15. The van der Waals surface area contributed by atoms with Crippen LogP contribution in [0.3, 0.4) is 0 Å². The molecule has 4 aromatic rings. The van der Waals surface area contributed by atoms with Crippen molar-refractivity contribution in [1.82, 2.24) is 14.8 Å². The van der Waals surface area contributed by atoms with Crippen molar-refractivity contribution >= 4 is 15.8 Å². The number of aryl methyl sites for hydroxylation is 1. The number of ether oxygens (including phenoxy) is 1. The van der Waals surface area contributed by atoms with Gasteiger partial charge in [0, 0.05) is 18.2 Å². The maximum Gasteiger partial charge on any atom is 0.435 e. The monoisotopic (exact) mass is 549 g/mol. The number of sulfonamides is 1. The molecule has 0 bridgehead atoms. The zero-order chi connectivity index (χ0) is 27.7. The molecule has 8 nitrogen and oxygen atoms in total. The topological polar surface area (TPSA) is 110 Å². The number of nitriles is 1. The molecule has 0 aliphatic carbocycles. The smallest absolute Gasteiger partial charge is 0.435 e. The lowest BCUT2D eigenvalue weighted by atomic mass is 10.1. The number of nitrogens with one attached hydrogen (secondary N) is 1. The molecule has 14 heteroatoms. The van der Waals surface area contributed by atoms with Crippen LogP contribution >= 0.6 is 0 Å². The summed E-state index contributed by atoms with van der Waals surface area (Å²) in [4.78, 5) is 2.96. The summed E-state index contributed by atoms with van der Waals surface area (Å²) in [7, 11) is -4.39. The lowest BCUT2D eigenvalue weighted by Gasteiger charge is -2.12. The molecule has 0 aliphatic rings. The number of hydrogen-bond donors (Lipinski definition) is 1. The first-order chi connectivity index (χ1) is 17.9. The Labute approximate surface area is 213 Å². The number of rotatable bonds is 7. The minimum absolute atomic E-state index is 0.0109. The molecule has 2 aromatic heterocycles. The fourth-order valence-corrected chi connectivity index (χ4v) is 4.42. The molecular formula is C24H16F5N5O3S. The van der Waals surface area contributed by atoms with Crippen molar-refractivity contribution in [2.75, 3.05) is 4.72 Å². The van der Waals surface area contributed by atoms with Gasteiger partial charge in [-0.1, -0.05) is 0 Å². The van der Waals surface area contributed by atoms with Gasteiger partial charge in [0.25, 0.3) is 10.0 Å². The Morgan fingerprint density at radius 3 is 2.39 bits per heavy atom. The number of halogens is 5. The second-order valence-corrected chi connectivity index (χ2v) is 9.40. The van der Waals surface area contributed by atoms with Crippen molar-refractivity contribution in [3.05, 3.63) is 83.7 Å². The van der Waals surface area contributed by atoms with Gasteiger partial charge in [-0.05, 0) is 55.5 Å². The molecule has 0 radical (unpaired) electrons. The molecule has 0 amide bonds. The van der Waals surface area contributed by atoms with Gasteiger partial charge in [0.15, 0.2) is 17.3 Å². The Morgan fingerprint density at radius 2 is 1.79 bits per heavy atom. The summed E-state index contributed by atoms with van der Waals surface area (Å²) in [5.74, 6) is -2.74. The van der Waals surface area contributed by atoms with Crippen molar-refractivity contribution in [1.29, 1.82) is 5.26 Å². The summed E-state index contributed by atoms with van der Waals surface area (Å²) in [5.41, 5.74) is -0.505. The number of nitrogens with zero attached hydrogens (tertiary/aromatic N) is 4. The van der Waals surface area contributed by atoms with Crippen LogP contribution in [0.2, 0.25) is 0 Å². The van der Waals surface area contributed by atoms with Crippen LogP contribution in [-0.4, -0.2) is 23.2 Å². The Balaban J connectivity index is 1.56. The van der Waals surface area contributed by atoms with E-state index in [0.29, 0.717) is 17.8 Å². The molecule has 0 atom stereocenters. The first-order valence-corrected chi connectivity index (χ1v) is 12.2. The van der Waals surface area contributed by atoms with E-state index in [-0.39, 0.29) is 29.3 Å². The van der Waals surface area contributed by atoms with Crippen LogP contribution in [0, 0.1) is 23.0 Å². The number of aromatic nitrogens is 3. The summed E-state index contributed by atoms with van der Waals surface area (Å²) in [6, 6.07) is 12.5. The third-order valence-corrected chi connectivity index (χ3v) is 6.51. The zero-order valence-corrected chi connectivity index (χ0v) is 20.1. The van der Waals surface area contributed by atoms with E-state index in [0.717, 1.165) is 18.2 Å². The largest absolute Gasteiger partial charge is 0.456 e. The molecule has 0 spiro atoms. The number of benzene rings is 2. The Kier molecular flexibility index (Phi) is 7.05. The van der Waals surface area contributed by atoms with Gasteiger partial charge >= 0.3 is 6.18 Å². The van der Waals surface area contributed by atoms with Crippen molar-refractivity contribution in [2.45, 2.75) is 24.5 Å². The molecule has 0 saturated carbocycles. The molecular weight excluding hydrogens is 533 g/mol. The van der Waals surface area contributed by atoms with Crippen LogP contribution in [0.5, 0.6) is 11.5 Å². The Bertz CT molecular complexity index is 1650. The third kappa shape index (κ3) is 5.57. The van der Waals surface area contributed by atoms with Gasteiger partial charge < -0.3 is 4.74 Å². The highest BCUT2D eigenvalue weighted by molar-refractivity contribution is 7.92. The molecule has 2 heterocycles. The second kappa shape index (κ2) is 10.1. The number of alkyl halides is 3. The highest BCUT2D eigenvalue weighted by Gasteiger charge is 2.35. The molecule has 38 heavy (non-hydrogen) atoms. The van der Waals surface area contributed by atoms with Crippen molar-refractivity contribution in [3.8, 4) is 28.8 Å². The molecule has 1 N–H and O–H groups in total. The Hall–Kier alpha value is -4.51. The van der Waals surface area contributed by atoms with E-state index in [9.17, 15) is 35.6 Å². The summed E-state index contributed by atoms with van der Waals surface area (Å²) in [6.45, 7) is 1.87. The average molecular weight is 549 g/mol. The molecule has 0 aliphatic heterocycles. The standard InChI is InChI=1S/C24H16F5N5O3S/c1-2-34-20(11-22(32-34)24(27,28)29)14-3-5-17(6-4-14)37-21-8-7-18(9-15(21)12-30)38(35,36)33-23-19(26)10-16(25)13-31-23/h3-11,13H,2H2,1H3,(H,31,33). The first kappa shape index (κ1) is 26.6. The van der Waals surface area contributed by atoms with E-state index in [1.807, 2.05) is 4.72 Å². The van der Waals surface area contributed by atoms with E-state index < -0.39 is 44.2 Å². The fourth-order valence-electron chi connectivity index (χ4n) is 3.38. The van der Waals surface area contributed by atoms with E-state index in [1.54, 1.807) is 13.0 Å². The molecule has 0 fully saturated rings. The number of hydrogen-bond acceptors (Lipinski definition) is 6. The van der Waals surface area contributed by atoms with Gasteiger partial charge in [-0.15, -0.1) is 0 Å². The highest BCUT2D eigenvalue weighted by atomic mass is 32.2. The van der Waals surface area contributed by atoms with Crippen LogP contribution in [0.1, 0.15) is 18.2 Å². The first-order valence-electron chi connectivity index (χ1n) is 10.7. The highest BCUT2D eigenvalue weighted by Crippen LogP contribution is 2.33. The van der Waals surface area contributed by atoms with Crippen LogP contribution < -0.4 is 9.46 Å². The summed E-state index contributed by atoms with van der Waals surface area (Å²) < 4.78 is 100. The van der Waals surface area contributed by atoms with Gasteiger partial charge in [-0.2, -0.15) is 23.5 Å². The third-order valence-electron chi connectivity index (χ3n) is 5.17. The molecule has 0 saturated heterocycles. The summed E-state index contributed by atoms with van der Waals surface area (Å²) in [6.07, 6.45) is -3.96. The van der Waals surface area contributed by atoms with Crippen LogP contribution in [0.25, 0.3) is 11.3 Å². The maximum atomic E-state index is 13.8. The van der Waals surface area contributed by atoms with Crippen molar-refractivity contribution < 1.29 is 35.1 Å². The lowest BCUT2D eigenvalue weighted by molar-refractivity contribution is -0.141. The molecule has 2 aromatic carbocycles. The minimum atomic E-state index is -4.59. The van der Waals surface area contributed by atoms with E-state index in [2.05, 4.69) is 10.1 Å². The molecule has 196 valence electrons. The van der Waals surface area contributed by atoms with E-state index in [1.165, 1.54) is 35.0 Å². The Morgan fingerprint density at radius 1 is 1.08 bits per heavy atom. The van der Waals surface area contributed by atoms with Gasteiger partial charge in [0.2, 0.25) is 0 Å². The summed E-state index contributed by atoms with van der Waals surface area (Å²) >= 11 is 0. The van der Waals surface area contributed by atoms with Gasteiger partial charge in [-0.3, -0.25) is 9.40 Å². The predicted molar refractivity (Wildman–Crippen MR) is 125 cm³/mol. The zero-order valence-electron chi connectivity index (χ0n) is 19.3. The van der Waals surface area contributed by atoms with E-state index >= 15 is 0 Å². The fraction of sp³-hybridized carbons (Fsp3) is 0.125. The van der Waals surface area contributed by atoms with E-state index in [4.69, 9.17) is 4.74 Å². The minimum Gasteiger partial charge on any atom is -0.456 e. The normalized spacial score (nSPS) is 11.7.